The molecule has 1 aliphatic rings. The minimum Gasteiger partial charge on any atom is -0.396 e. The summed E-state index contributed by atoms with van der Waals surface area (Å²) in [4.78, 5) is 2.48. The Bertz CT molecular complexity index is 154. The van der Waals surface area contributed by atoms with Crippen LogP contribution < -0.4 is 0 Å². The Kier molecular flexibility index (Phi) is 2.79. The molecule has 12 heavy (non-hydrogen) atoms. The minimum atomic E-state index is 0.183. The van der Waals surface area contributed by atoms with E-state index in [1.54, 1.807) is 0 Å². The van der Waals surface area contributed by atoms with Crippen LogP contribution in [-0.2, 0) is 0 Å². The molecule has 1 fully saturated rings. The molecule has 0 aromatic heterocycles. The van der Waals surface area contributed by atoms with Crippen molar-refractivity contribution in [1.29, 1.82) is 0 Å². The molecule has 1 N–H and O–H groups in total. The molecule has 1 heterocycles. The van der Waals surface area contributed by atoms with E-state index in [9.17, 15) is 5.11 Å². The summed E-state index contributed by atoms with van der Waals surface area (Å²) < 4.78 is 0. The number of aliphatic hydroxyl groups is 1. The molecule has 1 aliphatic heterocycles. The van der Waals surface area contributed by atoms with Gasteiger partial charge in [0.25, 0.3) is 0 Å². The van der Waals surface area contributed by atoms with Crippen molar-refractivity contribution in [2.75, 3.05) is 13.2 Å². The number of hydrogen-bond acceptors (Lipinski definition) is 2. The Morgan fingerprint density at radius 1 is 1.50 bits per heavy atom. The van der Waals surface area contributed by atoms with Crippen molar-refractivity contribution in [1.82, 2.24) is 4.90 Å². The van der Waals surface area contributed by atoms with Gasteiger partial charge in [-0.25, -0.2) is 0 Å². The highest BCUT2D eigenvalue weighted by molar-refractivity contribution is 4.96. The third-order valence-corrected chi connectivity index (χ3v) is 3.30. The second-order valence-corrected chi connectivity index (χ2v) is 4.61. The molecule has 0 saturated carbocycles. The van der Waals surface area contributed by atoms with Crippen molar-refractivity contribution in [2.24, 2.45) is 5.92 Å². The molecule has 0 spiro atoms. The van der Waals surface area contributed by atoms with E-state index in [-0.39, 0.29) is 5.54 Å². The number of aliphatic hydroxyl groups excluding tert-OH is 1. The molecule has 1 rings (SSSR count). The van der Waals surface area contributed by atoms with E-state index in [0.29, 0.717) is 18.6 Å². The van der Waals surface area contributed by atoms with Gasteiger partial charge in [0.05, 0.1) is 0 Å². The van der Waals surface area contributed by atoms with Gasteiger partial charge in [-0.15, -0.1) is 0 Å². The van der Waals surface area contributed by atoms with Crippen LogP contribution in [0.2, 0.25) is 0 Å². The Morgan fingerprint density at radius 2 is 2.08 bits per heavy atom. The van der Waals surface area contributed by atoms with Crippen molar-refractivity contribution in [2.45, 2.75) is 45.7 Å². The van der Waals surface area contributed by atoms with E-state index in [0.717, 1.165) is 13.0 Å². The lowest BCUT2D eigenvalue weighted by Gasteiger charge is -2.38. The van der Waals surface area contributed by atoms with Gasteiger partial charge in [0, 0.05) is 24.1 Å². The zero-order chi connectivity index (χ0) is 9.35. The fourth-order valence-electron chi connectivity index (χ4n) is 2.41. The normalized spacial score (nSPS) is 30.0. The third-order valence-electron chi connectivity index (χ3n) is 3.30. The number of rotatable bonds is 2. The second kappa shape index (κ2) is 3.35. The third kappa shape index (κ3) is 1.50. The molecule has 2 heteroatoms. The summed E-state index contributed by atoms with van der Waals surface area (Å²) in [5.41, 5.74) is 0.183. The van der Waals surface area contributed by atoms with Gasteiger partial charge in [0.1, 0.15) is 0 Å². The molecule has 0 aliphatic carbocycles. The van der Waals surface area contributed by atoms with Gasteiger partial charge in [0.2, 0.25) is 0 Å². The van der Waals surface area contributed by atoms with Crippen LogP contribution in [0.4, 0.5) is 0 Å². The topological polar surface area (TPSA) is 23.5 Å². The summed E-state index contributed by atoms with van der Waals surface area (Å²) in [6.07, 6.45) is 1.14. The van der Waals surface area contributed by atoms with Gasteiger partial charge in [-0.2, -0.15) is 0 Å². The lowest BCUT2D eigenvalue weighted by molar-refractivity contribution is 0.0773. The molecule has 72 valence electrons. The Hall–Kier alpha value is -0.0800. The second-order valence-electron chi connectivity index (χ2n) is 4.61. The van der Waals surface area contributed by atoms with Crippen molar-refractivity contribution >= 4 is 0 Å². The molecule has 0 aromatic carbocycles. The fourth-order valence-corrected chi connectivity index (χ4v) is 2.41. The van der Waals surface area contributed by atoms with E-state index < -0.39 is 0 Å². The Labute approximate surface area is 75.6 Å². The van der Waals surface area contributed by atoms with Crippen LogP contribution in [0.25, 0.3) is 0 Å². The monoisotopic (exact) mass is 171 g/mol. The predicted octanol–water partition coefficient (Wildman–Crippen LogP) is 1.49. The van der Waals surface area contributed by atoms with Crippen LogP contribution in [0.15, 0.2) is 0 Å². The van der Waals surface area contributed by atoms with Crippen LogP contribution >= 0.6 is 0 Å². The first kappa shape index (κ1) is 10.0. The lowest BCUT2D eigenvalue weighted by atomic mass is 9.89. The molecular formula is C10H21NO. The highest BCUT2D eigenvalue weighted by Gasteiger charge is 2.41. The highest BCUT2D eigenvalue weighted by Crippen LogP contribution is 2.35. The molecule has 0 radical (unpaired) electrons. The van der Waals surface area contributed by atoms with Gasteiger partial charge in [-0.1, -0.05) is 0 Å². The van der Waals surface area contributed by atoms with E-state index in [1.807, 2.05) is 0 Å². The first-order chi connectivity index (χ1) is 5.50. The average molecular weight is 171 g/mol. The quantitative estimate of drug-likeness (QED) is 0.680. The Morgan fingerprint density at radius 3 is 2.33 bits per heavy atom. The summed E-state index contributed by atoms with van der Waals surface area (Å²) in [5, 5.41) is 9.17. The summed E-state index contributed by atoms with van der Waals surface area (Å²) in [5.74, 6) is 0.458. The maximum Gasteiger partial charge on any atom is 0.0477 e. The first-order valence-corrected chi connectivity index (χ1v) is 4.87. The number of nitrogens with zero attached hydrogens (tertiary/aromatic N) is 1. The van der Waals surface area contributed by atoms with Gasteiger partial charge in [0.15, 0.2) is 0 Å². The fraction of sp³-hybridized carbons (Fsp3) is 1.00. The van der Waals surface area contributed by atoms with Crippen molar-refractivity contribution in [3.8, 4) is 0 Å². The van der Waals surface area contributed by atoms with Crippen LogP contribution in [0.3, 0.4) is 0 Å². The molecule has 2 nitrogen and oxygen atoms in total. The van der Waals surface area contributed by atoms with Crippen LogP contribution in [0.1, 0.15) is 34.1 Å². The van der Waals surface area contributed by atoms with Gasteiger partial charge >= 0.3 is 0 Å². The van der Waals surface area contributed by atoms with E-state index >= 15 is 0 Å². The van der Waals surface area contributed by atoms with Crippen molar-refractivity contribution < 1.29 is 5.11 Å². The zero-order valence-corrected chi connectivity index (χ0v) is 8.67. The maximum atomic E-state index is 9.17. The predicted molar refractivity (Wildman–Crippen MR) is 51.1 cm³/mol. The standard InChI is InChI=1S/C10H21NO/c1-8(2)11-6-5-9(7-12)10(11,3)4/h8-9,12H,5-7H2,1-4H3. The molecule has 0 bridgehead atoms. The smallest absolute Gasteiger partial charge is 0.0477 e. The molecule has 1 atom stereocenters. The largest absolute Gasteiger partial charge is 0.396 e. The maximum absolute atomic E-state index is 9.17. The highest BCUT2D eigenvalue weighted by atomic mass is 16.3. The summed E-state index contributed by atoms with van der Waals surface area (Å²) in [7, 11) is 0. The van der Waals surface area contributed by atoms with E-state index in [4.69, 9.17) is 0 Å². The van der Waals surface area contributed by atoms with E-state index in [2.05, 4.69) is 32.6 Å². The first-order valence-electron chi connectivity index (χ1n) is 4.87. The minimum absolute atomic E-state index is 0.183. The average Bonchev–Trinajstić information content (AvgIpc) is 2.24. The van der Waals surface area contributed by atoms with E-state index in [1.165, 1.54) is 0 Å². The van der Waals surface area contributed by atoms with Crippen LogP contribution in [0, 0.1) is 5.92 Å². The lowest BCUT2D eigenvalue weighted by Crippen LogP contribution is -2.46. The van der Waals surface area contributed by atoms with Crippen LogP contribution in [0.5, 0.6) is 0 Å². The summed E-state index contributed by atoms with van der Waals surface area (Å²) in [6.45, 7) is 10.4. The summed E-state index contributed by atoms with van der Waals surface area (Å²) in [6, 6.07) is 0.594. The van der Waals surface area contributed by atoms with Gasteiger partial charge in [-0.3, -0.25) is 4.90 Å². The zero-order valence-electron chi connectivity index (χ0n) is 8.67. The SMILES string of the molecule is CC(C)N1CCC(CO)C1(C)C. The molecule has 0 aromatic rings. The van der Waals surface area contributed by atoms with Gasteiger partial charge < -0.3 is 5.11 Å². The number of likely N-dealkylation sites (tertiary alicyclic amines) is 1. The molecular weight excluding hydrogens is 150 g/mol. The van der Waals surface area contributed by atoms with Gasteiger partial charge in [-0.05, 0) is 40.7 Å². The molecule has 1 unspecified atom stereocenters. The summed E-state index contributed by atoms with van der Waals surface area (Å²) >= 11 is 0. The molecule has 1 saturated heterocycles. The van der Waals surface area contributed by atoms with Crippen molar-refractivity contribution in [3.63, 3.8) is 0 Å². The Balaban J connectivity index is 2.70. The number of hydrogen-bond donors (Lipinski definition) is 1. The van der Waals surface area contributed by atoms with Crippen molar-refractivity contribution in [3.05, 3.63) is 0 Å². The molecule has 0 amide bonds. The van der Waals surface area contributed by atoms with Crippen LogP contribution in [-0.4, -0.2) is 34.7 Å².